The van der Waals surface area contributed by atoms with Gasteiger partial charge >= 0.3 is 0 Å². The summed E-state index contributed by atoms with van der Waals surface area (Å²) in [4.78, 5) is 16.6. The first-order valence-electron chi connectivity index (χ1n) is 9.26. The second kappa shape index (κ2) is 8.95. The van der Waals surface area contributed by atoms with Gasteiger partial charge in [0.15, 0.2) is 0 Å². The standard InChI is InChI=1S/C21H25FN2O3/c1-27-19-11-16(12-23-13-19)21(15-9-18(25)10-15)24-20(26)4-2-3-14-5-7-17(22)8-6-14/h5-8,11-13,15,18,21,25H,2-4,9-10H2,1H3,(H,24,26)/t15?,18?,21-/m0/s1. The minimum absolute atomic E-state index is 0.0358. The van der Waals surface area contributed by atoms with Crippen molar-refractivity contribution >= 4 is 5.91 Å². The monoisotopic (exact) mass is 372 g/mol. The van der Waals surface area contributed by atoms with Gasteiger partial charge in [-0.15, -0.1) is 0 Å². The Balaban J connectivity index is 1.58. The summed E-state index contributed by atoms with van der Waals surface area (Å²) in [7, 11) is 1.58. The van der Waals surface area contributed by atoms with E-state index in [1.807, 2.05) is 6.07 Å². The number of ether oxygens (including phenoxy) is 1. The molecule has 27 heavy (non-hydrogen) atoms. The maximum Gasteiger partial charge on any atom is 0.220 e. The van der Waals surface area contributed by atoms with E-state index in [0.29, 0.717) is 31.4 Å². The summed E-state index contributed by atoms with van der Waals surface area (Å²) in [5.74, 6) is 0.540. The molecule has 1 fully saturated rings. The van der Waals surface area contributed by atoms with E-state index in [9.17, 15) is 14.3 Å². The summed E-state index contributed by atoms with van der Waals surface area (Å²) >= 11 is 0. The number of benzene rings is 1. The smallest absolute Gasteiger partial charge is 0.220 e. The van der Waals surface area contributed by atoms with Crippen LogP contribution in [0.4, 0.5) is 4.39 Å². The van der Waals surface area contributed by atoms with E-state index in [-0.39, 0.29) is 29.8 Å². The number of aliphatic hydroxyl groups excluding tert-OH is 1. The predicted molar refractivity (Wildman–Crippen MR) is 99.7 cm³/mol. The molecule has 1 saturated carbocycles. The van der Waals surface area contributed by atoms with Gasteiger partial charge in [-0.3, -0.25) is 9.78 Å². The number of methoxy groups -OCH3 is 1. The second-order valence-corrected chi connectivity index (χ2v) is 7.07. The fraction of sp³-hybridized carbons (Fsp3) is 0.429. The molecule has 0 radical (unpaired) electrons. The average Bonchev–Trinajstić information content (AvgIpc) is 2.65. The highest BCUT2D eigenvalue weighted by molar-refractivity contribution is 5.76. The van der Waals surface area contributed by atoms with Crippen molar-refractivity contribution in [1.29, 1.82) is 0 Å². The number of halogens is 1. The molecule has 1 heterocycles. The zero-order chi connectivity index (χ0) is 19.2. The van der Waals surface area contributed by atoms with E-state index >= 15 is 0 Å². The van der Waals surface area contributed by atoms with Gasteiger partial charge in [0.25, 0.3) is 0 Å². The summed E-state index contributed by atoms with van der Waals surface area (Å²) < 4.78 is 18.2. The molecule has 1 aliphatic carbocycles. The zero-order valence-corrected chi connectivity index (χ0v) is 15.4. The number of carbonyl (C=O) groups excluding carboxylic acids is 1. The summed E-state index contributed by atoms with van der Waals surface area (Å²) in [5, 5.41) is 12.8. The molecule has 2 aromatic rings. The van der Waals surface area contributed by atoms with Crippen LogP contribution in [0.5, 0.6) is 5.75 Å². The zero-order valence-electron chi connectivity index (χ0n) is 15.4. The fourth-order valence-corrected chi connectivity index (χ4v) is 3.44. The first-order valence-corrected chi connectivity index (χ1v) is 9.26. The highest BCUT2D eigenvalue weighted by Gasteiger charge is 2.35. The van der Waals surface area contributed by atoms with E-state index < -0.39 is 0 Å². The van der Waals surface area contributed by atoms with E-state index in [4.69, 9.17) is 4.74 Å². The number of hydrogen-bond donors (Lipinski definition) is 2. The fourth-order valence-electron chi connectivity index (χ4n) is 3.44. The first kappa shape index (κ1) is 19.3. The molecule has 0 bridgehead atoms. The summed E-state index contributed by atoms with van der Waals surface area (Å²) in [6.07, 6.45) is 6.19. The van der Waals surface area contributed by atoms with Crippen LogP contribution in [0.1, 0.15) is 42.9 Å². The third kappa shape index (κ3) is 5.26. The van der Waals surface area contributed by atoms with Crippen molar-refractivity contribution < 1.29 is 19.0 Å². The molecule has 1 atom stereocenters. The summed E-state index contributed by atoms with van der Waals surface area (Å²) in [6.45, 7) is 0. The van der Waals surface area contributed by atoms with Crippen LogP contribution >= 0.6 is 0 Å². The van der Waals surface area contributed by atoms with Crippen LogP contribution in [0.25, 0.3) is 0 Å². The van der Waals surface area contributed by atoms with Crippen molar-refractivity contribution in [2.75, 3.05) is 7.11 Å². The number of carbonyl (C=O) groups is 1. The highest BCUT2D eigenvalue weighted by Crippen LogP contribution is 2.38. The SMILES string of the molecule is COc1cncc([C@@H](NC(=O)CCCc2ccc(F)cc2)C2CC(O)C2)c1. The molecule has 1 aliphatic rings. The van der Waals surface area contributed by atoms with Crippen molar-refractivity contribution in [2.24, 2.45) is 5.92 Å². The molecule has 0 unspecified atom stereocenters. The molecule has 1 amide bonds. The first-order chi connectivity index (χ1) is 13.0. The Labute approximate surface area is 158 Å². The third-order valence-corrected chi connectivity index (χ3v) is 5.05. The van der Waals surface area contributed by atoms with Gasteiger partial charge in [0.1, 0.15) is 11.6 Å². The van der Waals surface area contributed by atoms with E-state index in [2.05, 4.69) is 10.3 Å². The molecule has 0 aliphatic heterocycles. The Kier molecular flexibility index (Phi) is 6.40. The second-order valence-electron chi connectivity index (χ2n) is 7.07. The number of hydrogen-bond acceptors (Lipinski definition) is 4. The lowest BCUT2D eigenvalue weighted by molar-refractivity contribution is -0.123. The van der Waals surface area contributed by atoms with Crippen molar-refractivity contribution in [1.82, 2.24) is 10.3 Å². The number of aromatic nitrogens is 1. The largest absolute Gasteiger partial charge is 0.495 e. The van der Waals surface area contributed by atoms with Gasteiger partial charge in [-0.25, -0.2) is 4.39 Å². The Morgan fingerprint density at radius 1 is 1.33 bits per heavy atom. The van der Waals surface area contributed by atoms with Gasteiger partial charge in [0, 0.05) is 12.6 Å². The number of pyridine rings is 1. The van der Waals surface area contributed by atoms with Crippen molar-refractivity contribution in [2.45, 2.75) is 44.2 Å². The van der Waals surface area contributed by atoms with E-state index in [1.54, 1.807) is 31.6 Å². The Hall–Kier alpha value is -2.47. The molecule has 3 rings (SSSR count). The van der Waals surface area contributed by atoms with Gasteiger partial charge in [-0.2, -0.15) is 0 Å². The normalized spacial score (nSPS) is 19.8. The van der Waals surface area contributed by atoms with Crippen LogP contribution in [0.3, 0.4) is 0 Å². The van der Waals surface area contributed by atoms with Crippen LogP contribution in [-0.4, -0.2) is 29.2 Å². The van der Waals surface area contributed by atoms with Gasteiger partial charge in [-0.05, 0) is 60.9 Å². The van der Waals surface area contributed by atoms with E-state index in [1.165, 1.54) is 12.1 Å². The maximum atomic E-state index is 12.9. The van der Waals surface area contributed by atoms with Crippen molar-refractivity contribution in [3.8, 4) is 5.75 Å². The van der Waals surface area contributed by atoms with Gasteiger partial charge in [-0.1, -0.05) is 12.1 Å². The van der Waals surface area contributed by atoms with Crippen LogP contribution in [-0.2, 0) is 11.2 Å². The predicted octanol–water partition coefficient (Wildman–Crippen LogP) is 3.18. The molecular formula is C21H25FN2O3. The van der Waals surface area contributed by atoms with Gasteiger partial charge in [0.05, 0.1) is 25.5 Å². The highest BCUT2D eigenvalue weighted by atomic mass is 19.1. The van der Waals surface area contributed by atoms with Gasteiger partial charge in [0.2, 0.25) is 5.91 Å². The maximum absolute atomic E-state index is 12.9. The summed E-state index contributed by atoms with van der Waals surface area (Å²) in [6, 6.07) is 8.05. The number of aliphatic hydroxyl groups is 1. The molecule has 6 heteroatoms. The molecule has 144 valence electrons. The third-order valence-electron chi connectivity index (χ3n) is 5.05. The lowest BCUT2D eigenvalue weighted by Crippen LogP contribution is -2.41. The molecule has 5 nitrogen and oxygen atoms in total. The Bertz CT molecular complexity index is 760. The number of nitrogens with zero attached hydrogens (tertiary/aromatic N) is 1. The summed E-state index contributed by atoms with van der Waals surface area (Å²) in [5.41, 5.74) is 1.90. The molecule has 0 spiro atoms. The number of amides is 1. The molecule has 1 aromatic heterocycles. The van der Waals surface area contributed by atoms with Crippen molar-refractivity contribution in [3.05, 3.63) is 59.7 Å². The lowest BCUT2D eigenvalue weighted by atomic mass is 9.75. The molecule has 2 N–H and O–H groups in total. The Morgan fingerprint density at radius 3 is 2.74 bits per heavy atom. The average molecular weight is 372 g/mol. The van der Waals surface area contributed by atoms with Gasteiger partial charge < -0.3 is 15.2 Å². The van der Waals surface area contributed by atoms with Crippen LogP contribution in [0.2, 0.25) is 0 Å². The quantitative estimate of drug-likeness (QED) is 0.747. The minimum Gasteiger partial charge on any atom is -0.495 e. The van der Waals surface area contributed by atoms with Crippen LogP contribution < -0.4 is 10.1 Å². The minimum atomic E-state index is -0.300. The lowest BCUT2D eigenvalue weighted by Gasteiger charge is -2.38. The molecular weight excluding hydrogens is 347 g/mol. The topological polar surface area (TPSA) is 71.5 Å². The van der Waals surface area contributed by atoms with E-state index in [0.717, 1.165) is 17.5 Å². The molecule has 0 saturated heterocycles. The van der Waals surface area contributed by atoms with Crippen LogP contribution in [0.15, 0.2) is 42.7 Å². The Morgan fingerprint density at radius 2 is 2.07 bits per heavy atom. The number of rotatable bonds is 8. The van der Waals surface area contributed by atoms with Crippen molar-refractivity contribution in [3.63, 3.8) is 0 Å². The number of aryl methyl sites for hydroxylation is 1. The molecule has 1 aromatic carbocycles. The van der Waals surface area contributed by atoms with Crippen LogP contribution in [0, 0.1) is 11.7 Å². The number of nitrogens with one attached hydrogen (secondary N) is 1.